The van der Waals surface area contributed by atoms with Crippen LogP contribution in [0, 0.1) is 6.92 Å². The SMILES string of the molecule is Cc1ccc(B(O)O)cc1Cn1ccnc1. The van der Waals surface area contributed by atoms with E-state index in [0.29, 0.717) is 12.0 Å². The van der Waals surface area contributed by atoms with Crippen molar-refractivity contribution in [1.29, 1.82) is 0 Å². The number of hydrogen-bond donors (Lipinski definition) is 2. The minimum atomic E-state index is -1.41. The van der Waals surface area contributed by atoms with Crippen molar-refractivity contribution in [2.24, 2.45) is 0 Å². The summed E-state index contributed by atoms with van der Waals surface area (Å²) in [6.45, 7) is 2.69. The molecule has 1 heterocycles. The summed E-state index contributed by atoms with van der Waals surface area (Å²) in [5.41, 5.74) is 2.70. The molecule has 82 valence electrons. The summed E-state index contributed by atoms with van der Waals surface area (Å²) in [6.07, 6.45) is 5.34. The van der Waals surface area contributed by atoms with Crippen molar-refractivity contribution in [1.82, 2.24) is 9.55 Å². The van der Waals surface area contributed by atoms with Gasteiger partial charge in [-0.15, -0.1) is 0 Å². The summed E-state index contributed by atoms with van der Waals surface area (Å²) in [6, 6.07) is 5.42. The lowest BCUT2D eigenvalue weighted by Gasteiger charge is -2.09. The predicted octanol–water partition coefficient (Wildman–Crippen LogP) is -0.0804. The second kappa shape index (κ2) is 4.51. The molecule has 0 amide bonds. The highest BCUT2D eigenvalue weighted by Crippen LogP contribution is 2.08. The van der Waals surface area contributed by atoms with E-state index in [1.165, 1.54) is 0 Å². The topological polar surface area (TPSA) is 58.3 Å². The second-order valence-corrected chi connectivity index (χ2v) is 3.79. The first-order valence-corrected chi connectivity index (χ1v) is 5.08. The summed E-state index contributed by atoms with van der Waals surface area (Å²) in [4.78, 5) is 3.97. The van der Waals surface area contributed by atoms with Crippen molar-refractivity contribution in [3.63, 3.8) is 0 Å². The zero-order chi connectivity index (χ0) is 11.5. The average molecular weight is 216 g/mol. The van der Waals surface area contributed by atoms with E-state index >= 15 is 0 Å². The molecule has 0 fully saturated rings. The summed E-state index contributed by atoms with van der Waals surface area (Å²) < 4.78 is 1.94. The maximum atomic E-state index is 9.10. The summed E-state index contributed by atoms with van der Waals surface area (Å²) in [5.74, 6) is 0. The van der Waals surface area contributed by atoms with Crippen LogP contribution in [0.5, 0.6) is 0 Å². The zero-order valence-corrected chi connectivity index (χ0v) is 9.04. The fourth-order valence-electron chi connectivity index (χ4n) is 1.60. The molecule has 0 saturated heterocycles. The summed E-state index contributed by atoms with van der Waals surface area (Å²) in [7, 11) is -1.41. The standard InChI is InChI=1S/C11H13BN2O2/c1-9-2-3-11(12(15)16)6-10(9)7-14-5-4-13-8-14/h2-6,8,15-16H,7H2,1H3. The number of aromatic nitrogens is 2. The highest BCUT2D eigenvalue weighted by molar-refractivity contribution is 6.58. The number of hydrogen-bond acceptors (Lipinski definition) is 3. The van der Waals surface area contributed by atoms with Gasteiger partial charge in [-0.2, -0.15) is 0 Å². The van der Waals surface area contributed by atoms with E-state index in [2.05, 4.69) is 4.98 Å². The lowest BCUT2D eigenvalue weighted by atomic mass is 9.79. The molecule has 2 N–H and O–H groups in total. The van der Waals surface area contributed by atoms with Gasteiger partial charge in [0.05, 0.1) is 6.33 Å². The minimum Gasteiger partial charge on any atom is -0.423 e. The molecular formula is C11H13BN2O2. The highest BCUT2D eigenvalue weighted by Gasteiger charge is 2.12. The monoisotopic (exact) mass is 216 g/mol. The van der Waals surface area contributed by atoms with Gasteiger partial charge in [0.2, 0.25) is 0 Å². The van der Waals surface area contributed by atoms with Crippen LogP contribution in [-0.4, -0.2) is 26.7 Å². The summed E-state index contributed by atoms with van der Waals surface area (Å²) >= 11 is 0. The van der Waals surface area contributed by atoms with E-state index < -0.39 is 7.12 Å². The third-order valence-corrected chi connectivity index (χ3v) is 2.58. The van der Waals surface area contributed by atoms with Crippen LogP contribution in [-0.2, 0) is 6.54 Å². The van der Waals surface area contributed by atoms with Gasteiger partial charge in [-0.25, -0.2) is 4.98 Å². The Bertz CT molecular complexity index is 469. The molecule has 2 rings (SSSR count). The number of benzene rings is 1. The number of imidazole rings is 1. The van der Waals surface area contributed by atoms with Gasteiger partial charge in [0.25, 0.3) is 0 Å². The third-order valence-electron chi connectivity index (χ3n) is 2.58. The van der Waals surface area contributed by atoms with Gasteiger partial charge in [-0.05, 0) is 23.5 Å². The molecule has 0 aliphatic carbocycles. The van der Waals surface area contributed by atoms with Gasteiger partial charge < -0.3 is 14.6 Å². The highest BCUT2D eigenvalue weighted by atomic mass is 16.4. The van der Waals surface area contributed by atoms with Crippen LogP contribution in [0.3, 0.4) is 0 Å². The molecule has 2 aromatic rings. The van der Waals surface area contributed by atoms with Crippen LogP contribution >= 0.6 is 0 Å². The molecule has 5 heteroatoms. The van der Waals surface area contributed by atoms with Gasteiger partial charge in [0.1, 0.15) is 0 Å². The average Bonchev–Trinajstić information content (AvgIpc) is 2.73. The van der Waals surface area contributed by atoms with Crippen molar-refractivity contribution >= 4 is 12.6 Å². The Kier molecular flexibility index (Phi) is 3.08. The number of aryl methyl sites for hydroxylation is 1. The van der Waals surface area contributed by atoms with Crippen LogP contribution in [0.2, 0.25) is 0 Å². The first kappa shape index (κ1) is 10.9. The van der Waals surface area contributed by atoms with Crippen LogP contribution < -0.4 is 5.46 Å². The van der Waals surface area contributed by atoms with Crippen molar-refractivity contribution in [2.75, 3.05) is 0 Å². The molecule has 0 bridgehead atoms. The van der Waals surface area contributed by atoms with E-state index in [1.54, 1.807) is 24.7 Å². The molecule has 0 saturated carbocycles. The molecule has 0 aliphatic rings. The molecule has 0 spiro atoms. The fourth-order valence-corrected chi connectivity index (χ4v) is 1.60. The van der Waals surface area contributed by atoms with E-state index in [4.69, 9.17) is 10.0 Å². The van der Waals surface area contributed by atoms with Gasteiger partial charge >= 0.3 is 7.12 Å². The van der Waals surface area contributed by atoms with Crippen LogP contribution in [0.4, 0.5) is 0 Å². The predicted molar refractivity (Wildman–Crippen MR) is 62.3 cm³/mol. The lowest BCUT2D eigenvalue weighted by Crippen LogP contribution is -2.30. The maximum absolute atomic E-state index is 9.10. The van der Waals surface area contributed by atoms with E-state index in [9.17, 15) is 0 Å². The molecule has 1 aromatic carbocycles. The molecule has 1 aromatic heterocycles. The first-order valence-electron chi connectivity index (χ1n) is 5.08. The molecule has 4 nitrogen and oxygen atoms in total. The van der Waals surface area contributed by atoms with Crippen molar-refractivity contribution in [3.8, 4) is 0 Å². The third kappa shape index (κ3) is 2.32. The minimum absolute atomic E-state index is 0.515. The molecule has 0 atom stereocenters. The lowest BCUT2D eigenvalue weighted by molar-refractivity contribution is 0.425. The smallest absolute Gasteiger partial charge is 0.423 e. The van der Waals surface area contributed by atoms with Crippen LogP contribution in [0.25, 0.3) is 0 Å². The van der Waals surface area contributed by atoms with Crippen molar-refractivity contribution in [2.45, 2.75) is 13.5 Å². The Balaban J connectivity index is 2.29. The van der Waals surface area contributed by atoms with Crippen LogP contribution in [0.1, 0.15) is 11.1 Å². The Hall–Kier alpha value is -1.59. The van der Waals surface area contributed by atoms with Gasteiger partial charge in [0.15, 0.2) is 0 Å². The zero-order valence-electron chi connectivity index (χ0n) is 9.04. The number of rotatable bonds is 3. The van der Waals surface area contributed by atoms with Gasteiger partial charge in [-0.1, -0.05) is 18.2 Å². The molecular weight excluding hydrogens is 203 g/mol. The quantitative estimate of drug-likeness (QED) is 0.705. The van der Waals surface area contributed by atoms with E-state index in [0.717, 1.165) is 11.1 Å². The Morgan fingerprint density at radius 3 is 2.81 bits per heavy atom. The van der Waals surface area contributed by atoms with E-state index in [1.807, 2.05) is 23.8 Å². The fraction of sp³-hybridized carbons (Fsp3) is 0.182. The molecule has 0 aliphatic heterocycles. The van der Waals surface area contributed by atoms with E-state index in [-0.39, 0.29) is 0 Å². The summed E-state index contributed by atoms with van der Waals surface area (Å²) in [5, 5.41) is 18.2. The van der Waals surface area contributed by atoms with Gasteiger partial charge in [-0.3, -0.25) is 0 Å². The Morgan fingerprint density at radius 1 is 1.38 bits per heavy atom. The largest absolute Gasteiger partial charge is 0.488 e. The van der Waals surface area contributed by atoms with Crippen LogP contribution in [0.15, 0.2) is 36.9 Å². The molecule has 16 heavy (non-hydrogen) atoms. The van der Waals surface area contributed by atoms with Crippen molar-refractivity contribution in [3.05, 3.63) is 48.0 Å². The Labute approximate surface area is 94.3 Å². The maximum Gasteiger partial charge on any atom is 0.488 e. The number of nitrogens with zero attached hydrogens (tertiary/aromatic N) is 2. The second-order valence-electron chi connectivity index (χ2n) is 3.79. The van der Waals surface area contributed by atoms with Gasteiger partial charge in [0, 0.05) is 18.9 Å². The first-order chi connectivity index (χ1) is 7.66. The normalized spacial score (nSPS) is 10.4. The molecule has 0 radical (unpaired) electrons. The molecule has 0 unspecified atom stereocenters. The van der Waals surface area contributed by atoms with Crippen molar-refractivity contribution < 1.29 is 10.0 Å². The Morgan fingerprint density at radius 2 is 2.19 bits per heavy atom.